The molecule has 0 fully saturated rings. The van der Waals surface area contributed by atoms with E-state index < -0.39 is 11.6 Å². The zero-order valence-corrected chi connectivity index (χ0v) is 10.5. The number of nitrogens with two attached hydrogens (primary N) is 1. The number of nitrogens with zero attached hydrogens (tertiary/aromatic N) is 2. The summed E-state index contributed by atoms with van der Waals surface area (Å²) in [7, 11) is 1.78. The fourth-order valence-corrected chi connectivity index (χ4v) is 1.93. The molecule has 0 unspecified atom stereocenters. The van der Waals surface area contributed by atoms with E-state index in [9.17, 15) is 8.78 Å². The van der Waals surface area contributed by atoms with E-state index in [1.165, 1.54) is 12.1 Å². The maximum atomic E-state index is 13.7. The first-order chi connectivity index (χ1) is 8.41. The molecule has 2 N–H and O–H groups in total. The lowest BCUT2D eigenvalue weighted by molar-refractivity contribution is 0.585. The van der Waals surface area contributed by atoms with E-state index in [-0.39, 0.29) is 11.5 Å². The topological polar surface area (TPSA) is 43.8 Å². The number of aromatic nitrogens is 2. The van der Waals surface area contributed by atoms with E-state index in [2.05, 4.69) is 4.98 Å². The number of anilines is 1. The van der Waals surface area contributed by atoms with Gasteiger partial charge in [-0.05, 0) is 12.1 Å². The van der Waals surface area contributed by atoms with Crippen molar-refractivity contribution in [3.05, 3.63) is 35.7 Å². The van der Waals surface area contributed by atoms with Crippen molar-refractivity contribution in [1.29, 1.82) is 0 Å². The molecule has 0 amide bonds. The average Bonchev–Trinajstić information content (AvgIpc) is 2.57. The molecule has 1 aromatic heterocycles. The number of hydrogen-bond acceptors (Lipinski definition) is 2. The molecule has 5 heteroatoms. The first-order valence-electron chi connectivity index (χ1n) is 5.69. The number of rotatable bonds is 2. The summed E-state index contributed by atoms with van der Waals surface area (Å²) in [5.41, 5.74) is 6.50. The second-order valence-corrected chi connectivity index (χ2v) is 4.54. The lowest BCUT2D eigenvalue weighted by Gasteiger charge is -2.04. The van der Waals surface area contributed by atoms with Gasteiger partial charge >= 0.3 is 0 Å². The largest absolute Gasteiger partial charge is 0.383 e. The summed E-state index contributed by atoms with van der Waals surface area (Å²) in [4.78, 5) is 4.35. The molecule has 0 saturated carbocycles. The molecule has 0 bridgehead atoms. The molecule has 0 radical (unpaired) electrons. The highest BCUT2D eigenvalue weighted by molar-refractivity contribution is 5.71. The molecule has 0 saturated heterocycles. The minimum atomic E-state index is -0.657. The van der Waals surface area contributed by atoms with Crippen LogP contribution in [0.3, 0.4) is 0 Å². The summed E-state index contributed by atoms with van der Waals surface area (Å²) in [6, 6.07) is 3.38. The second-order valence-electron chi connectivity index (χ2n) is 4.54. The van der Waals surface area contributed by atoms with Crippen LogP contribution in [0, 0.1) is 11.6 Å². The normalized spacial score (nSPS) is 11.2. The highest BCUT2D eigenvalue weighted by atomic mass is 19.1. The van der Waals surface area contributed by atoms with Crippen molar-refractivity contribution in [3.63, 3.8) is 0 Å². The monoisotopic (exact) mass is 251 g/mol. The third-order valence-corrected chi connectivity index (χ3v) is 2.88. The van der Waals surface area contributed by atoms with Crippen LogP contribution in [0.4, 0.5) is 14.6 Å². The van der Waals surface area contributed by atoms with Gasteiger partial charge in [0.25, 0.3) is 0 Å². The fraction of sp³-hybridized carbons (Fsp3) is 0.308. The molecule has 96 valence electrons. The number of halogens is 2. The van der Waals surface area contributed by atoms with Gasteiger partial charge < -0.3 is 10.3 Å². The fourth-order valence-electron chi connectivity index (χ4n) is 1.93. The van der Waals surface area contributed by atoms with E-state index in [0.717, 1.165) is 11.9 Å². The van der Waals surface area contributed by atoms with Crippen LogP contribution in [0.5, 0.6) is 0 Å². The number of hydrogen-bond donors (Lipinski definition) is 1. The Morgan fingerprint density at radius 3 is 2.44 bits per heavy atom. The van der Waals surface area contributed by atoms with Gasteiger partial charge in [0, 0.05) is 24.6 Å². The molecular weight excluding hydrogens is 236 g/mol. The summed E-state index contributed by atoms with van der Waals surface area (Å²) >= 11 is 0. The van der Waals surface area contributed by atoms with Crippen LogP contribution in [0.25, 0.3) is 11.3 Å². The first-order valence-corrected chi connectivity index (χ1v) is 5.69. The van der Waals surface area contributed by atoms with Crippen molar-refractivity contribution in [2.24, 2.45) is 7.05 Å². The highest BCUT2D eigenvalue weighted by Crippen LogP contribution is 2.30. The molecule has 1 aromatic carbocycles. The lowest BCUT2D eigenvalue weighted by atomic mass is 10.1. The SMILES string of the molecule is CC(C)c1nc(-c2ccc(F)cc2F)c(N)n1C. The number of nitrogen functional groups attached to an aromatic ring is 1. The minimum absolute atomic E-state index is 0.176. The molecule has 0 atom stereocenters. The Bertz CT molecular complexity index is 588. The third-order valence-electron chi connectivity index (χ3n) is 2.88. The van der Waals surface area contributed by atoms with Crippen molar-refractivity contribution in [1.82, 2.24) is 9.55 Å². The molecule has 0 aliphatic rings. The van der Waals surface area contributed by atoms with Crippen molar-refractivity contribution in [2.75, 3.05) is 5.73 Å². The Morgan fingerprint density at radius 1 is 1.28 bits per heavy atom. The Hall–Kier alpha value is -1.91. The molecule has 0 spiro atoms. The van der Waals surface area contributed by atoms with Gasteiger partial charge in [-0.15, -0.1) is 0 Å². The molecule has 2 aromatic rings. The van der Waals surface area contributed by atoms with E-state index >= 15 is 0 Å². The Kier molecular flexibility index (Phi) is 3.07. The van der Waals surface area contributed by atoms with Crippen molar-refractivity contribution in [2.45, 2.75) is 19.8 Å². The highest BCUT2D eigenvalue weighted by Gasteiger charge is 2.18. The van der Waals surface area contributed by atoms with Gasteiger partial charge in [-0.25, -0.2) is 13.8 Å². The minimum Gasteiger partial charge on any atom is -0.383 e. The Labute approximate surface area is 104 Å². The average molecular weight is 251 g/mol. The molecular formula is C13H15F2N3. The quantitative estimate of drug-likeness (QED) is 0.891. The molecule has 0 aliphatic carbocycles. The third kappa shape index (κ3) is 1.96. The van der Waals surface area contributed by atoms with E-state index in [4.69, 9.17) is 5.73 Å². The van der Waals surface area contributed by atoms with Gasteiger partial charge in [-0.1, -0.05) is 13.8 Å². The Balaban J connectivity index is 2.61. The molecule has 1 heterocycles. The molecule has 3 nitrogen and oxygen atoms in total. The van der Waals surface area contributed by atoms with E-state index in [1.54, 1.807) is 11.6 Å². The summed E-state index contributed by atoms with van der Waals surface area (Å²) in [5.74, 6) is 0.0509. The van der Waals surface area contributed by atoms with Gasteiger partial charge in [0.1, 0.15) is 29.0 Å². The molecule has 0 aliphatic heterocycles. The number of benzene rings is 1. The second kappa shape index (κ2) is 4.40. The van der Waals surface area contributed by atoms with Gasteiger partial charge in [-0.3, -0.25) is 0 Å². The summed E-state index contributed by atoms with van der Waals surface area (Å²) in [6.07, 6.45) is 0. The van der Waals surface area contributed by atoms with Crippen molar-refractivity contribution >= 4 is 5.82 Å². The zero-order valence-electron chi connectivity index (χ0n) is 10.5. The predicted molar refractivity (Wildman–Crippen MR) is 67.1 cm³/mol. The van der Waals surface area contributed by atoms with Crippen LogP contribution >= 0.6 is 0 Å². The van der Waals surface area contributed by atoms with Gasteiger partial charge in [0.2, 0.25) is 0 Å². The summed E-state index contributed by atoms with van der Waals surface area (Å²) < 4.78 is 28.3. The van der Waals surface area contributed by atoms with Crippen LogP contribution in [0.2, 0.25) is 0 Å². The van der Waals surface area contributed by atoms with Crippen molar-refractivity contribution in [3.8, 4) is 11.3 Å². The van der Waals surface area contributed by atoms with Crippen LogP contribution < -0.4 is 5.73 Å². The van der Waals surface area contributed by atoms with Crippen LogP contribution in [-0.4, -0.2) is 9.55 Å². The van der Waals surface area contributed by atoms with Crippen LogP contribution in [0.15, 0.2) is 18.2 Å². The summed E-state index contributed by atoms with van der Waals surface area (Å²) in [5, 5.41) is 0. The maximum Gasteiger partial charge on any atom is 0.135 e. The lowest BCUT2D eigenvalue weighted by Crippen LogP contribution is -2.03. The summed E-state index contributed by atoms with van der Waals surface area (Å²) in [6.45, 7) is 3.96. The first kappa shape index (κ1) is 12.5. The molecule has 2 rings (SSSR count). The smallest absolute Gasteiger partial charge is 0.135 e. The van der Waals surface area contributed by atoms with Gasteiger partial charge in [0.05, 0.1) is 0 Å². The van der Waals surface area contributed by atoms with E-state index in [1.807, 2.05) is 13.8 Å². The van der Waals surface area contributed by atoms with Crippen molar-refractivity contribution < 1.29 is 8.78 Å². The van der Waals surface area contributed by atoms with Gasteiger partial charge in [-0.2, -0.15) is 0 Å². The standard InChI is InChI=1S/C13H15F2N3/c1-7(2)13-17-11(12(16)18(13)3)9-5-4-8(14)6-10(9)15/h4-7H,16H2,1-3H3. The predicted octanol–water partition coefficient (Wildman–Crippen LogP) is 3.07. The van der Waals surface area contributed by atoms with Crippen LogP contribution in [-0.2, 0) is 7.05 Å². The molecule has 18 heavy (non-hydrogen) atoms. The van der Waals surface area contributed by atoms with Crippen LogP contribution in [0.1, 0.15) is 25.6 Å². The zero-order chi connectivity index (χ0) is 13.4. The Morgan fingerprint density at radius 2 is 1.94 bits per heavy atom. The van der Waals surface area contributed by atoms with Gasteiger partial charge in [0.15, 0.2) is 0 Å². The van der Waals surface area contributed by atoms with E-state index in [0.29, 0.717) is 11.5 Å². The maximum absolute atomic E-state index is 13.7. The number of imidazole rings is 1.